The quantitative estimate of drug-likeness (QED) is 0.836. The molecule has 1 saturated heterocycles. The summed E-state index contributed by atoms with van der Waals surface area (Å²) in [6.45, 7) is 1.14. The van der Waals surface area contributed by atoms with Crippen LogP contribution in [0, 0.1) is 5.82 Å². The van der Waals surface area contributed by atoms with Gasteiger partial charge >= 0.3 is 0 Å². The van der Waals surface area contributed by atoms with Crippen LogP contribution < -0.4 is 10.6 Å². The van der Waals surface area contributed by atoms with Crippen LogP contribution in [0.1, 0.15) is 24.8 Å². The Morgan fingerprint density at radius 3 is 3.00 bits per heavy atom. The molecule has 2 rings (SSSR count). The number of carbonyl (C=O) groups is 1. The molecule has 17 heavy (non-hydrogen) atoms. The zero-order valence-electron chi connectivity index (χ0n) is 9.71. The van der Waals surface area contributed by atoms with E-state index in [4.69, 9.17) is 0 Å². The van der Waals surface area contributed by atoms with Gasteiger partial charge in [-0.15, -0.1) is 0 Å². The summed E-state index contributed by atoms with van der Waals surface area (Å²) >= 11 is 0. The van der Waals surface area contributed by atoms with Crippen LogP contribution in [-0.4, -0.2) is 18.5 Å². The lowest BCUT2D eigenvalue weighted by molar-refractivity contribution is -0.122. The van der Waals surface area contributed by atoms with Crippen molar-refractivity contribution < 1.29 is 9.18 Å². The molecule has 3 nitrogen and oxygen atoms in total. The Hall–Kier alpha value is -1.42. The van der Waals surface area contributed by atoms with Crippen LogP contribution in [0.5, 0.6) is 0 Å². The summed E-state index contributed by atoms with van der Waals surface area (Å²) in [5.41, 5.74) is 0.601. The normalized spacial score (nSPS) is 20.8. The van der Waals surface area contributed by atoms with Crippen molar-refractivity contribution in [2.24, 2.45) is 0 Å². The highest BCUT2D eigenvalue weighted by molar-refractivity contribution is 5.81. The lowest BCUT2D eigenvalue weighted by atomic mass is 10.1. The van der Waals surface area contributed by atoms with Gasteiger partial charge in [-0.05, 0) is 25.3 Å². The summed E-state index contributed by atoms with van der Waals surface area (Å²) in [6.07, 6.45) is 2.86. The SMILES string of the molecule is O=C1NCCCCC1NCc1ccccc1F. The number of hydrogen-bond donors (Lipinski definition) is 2. The summed E-state index contributed by atoms with van der Waals surface area (Å²) in [4.78, 5) is 11.7. The third-order valence-corrected chi connectivity index (χ3v) is 3.03. The van der Waals surface area contributed by atoms with Gasteiger partial charge < -0.3 is 10.6 Å². The maximum absolute atomic E-state index is 13.4. The Labute approximate surface area is 100 Å². The molecular weight excluding hydrogens is 219 g/mol. The largest absolute Gasteiger partial charge is 0.355 e. The number of hydrogen-bond acceptors (Lipinski definition) is 2. The maximum Gasteiger partial charge on any atom is 0.237 e. The van der Waals surface area contributed by atoms with Crippen LogP contribution in [0.2, 0.25) is 0 Å². The van der Waals surface area contributed by atoms with Crippen molar-refractivity contribution in [3.8, 4) is 0 Å². The van der Waals surface area contributed by atoms with Crippen LogP contribution >= 0.6 is 0 Å². The molecule has 0 spiro atoms. The van der Waals surface area contributed by atoms with Crippen molar-refractivity contribution in [3.05, 3.63) is 35.6 Å². The topological polar surface area (TPSA) is 41.1 Å². The van der Waals surface area contributed by atoms with E-state index in [0.717, 1.165) is 25.8 Å². The summed E-state index contributed by atoms with van der Waals surface area (Å²) in [5.74, 6) is -0.201. The van der Waals surface area contributed by atoms with Gasteiger partial charge in [-0.3, -0.25) is 4.79 Å². The number of amides is 1. The summed E-state index contributed by atoms with van der Waals surface area (Å²) in [6, 6.07) is 6.43. The Bertz CT molecular complexity index is 395. The van der Waals surface area contributed by atoms with Gasteiger partial charge in [0.25, 0.3) is 0 Å². The minimum Gasteiger partial charge on any atom is -0.355 e. The molecule has 1 aromatic carbocycles. The van der Waals surface area contributed by atoms with Gasteiger partial charge in [0, 0.05) is 18.7 Å². The molecule has 0 saturated carbocycles. The van der Waals surface area contributed by atoms with E-state index < -0.39 is 0 Å². The number of benzene rings is 1. The molecule has 2 N–H and O–H groups in total. The zero-order chi connectivity index (χ0) is 12.1. The second kappa shape index (κ2) is 5.77. The molecule has 4 heteroatoms. The first-order valence-electron chi connectivity index (χ1n) is 6.02. The molecule has 1 heterocycles. The third-order valence-electron chi connectivity index (χ3n) is 3.03. The number of nitrogens with one attached hydrogen (secondary N) is 2. The van der Waals surface area contributed by atoms with Crippen molar-refractivity contribution >= 4 is 5.91 Å². The van der Waals surface area contributed by atoms with Crippen LogP contribution in [0.3, 0.4) is 0 Å². The van der Waals surface area contributed by atoms with Gasteiger partial charge in [0.1, 0.15) is 5.82 Å². The number of halogens is 1. The predicted octanol–water partition coefficient (Wildman–Crippen LogP) is 1.58. The Morgan fingerprint density at radius 1 is 1.35 bits per heavy atom. The predicted molar refractivity (Wildman–Crippen MR) is 63.9 cm³/mol. The standard InChI is InChI=1S/C13H17FN2O/c14-11-6-2-1-5-10(11)9-16-12-7-3-4-8-15-13(12)17/h1-2,5-6,12,16H,3-4,7-9H2,(H,15,17). The van der Waals surface area contributed by atoms with Crippen molar-refractivity contribution in [1.29, 1.82) is 0 Å². The van der Waals surface area contributed by atoms with Crippen molar-refractivity contribution in [2.75, 3.05) is 6.54 Å². The fourth-order valence-electron chi connectivity index (χ4n) is 2.01. The molecular formula is C13H17FN2O. The van der Waals surface area contributed by atoms with Gasteiger partial charge in [0.05, 0.1) is 6.04 Å². The van der Waals surface area contributed by atoms with E-state index >= 15 is 0 Å². The summed E-state index contributed by atoms with van der Waals surface area (Å²) in [7, 11) is 0. The first-order valence-corrected chi connectivity index (χ1v) is 6.02. The van der Waals surface area contributed by atoms with Crippen LogP contribution in [0.4, 0.5) is 4.39 Å². The molecule has 1 aliphatic heterocycles. The molecule has 0 aliphatic carbocycles. The second-order valence-corrected chi connectivity index (χ2v) is 4.31. The van der Waals surface area contributed by atoms with Crippen LogP contribution in [0.15, 0.2) is 24.3 Å². The van der Waals surface area contributed by atoms with E-state index in [1.165, 1.54) is 6.07 Å². The minimum atomic E-state index is -0.228. The van der Waals surface area contributed by atoms with Crippen molar-refractivity contribution in [2.45, 2.75) is 31.8 Å². The highest BCUT2D eigenvalue weighted by Gasteiger charge is 2.19. The van der Waals surface area contributed by atoms with E-state index in [2.05, 4.69) is 10.6 Å². The molecule has 1 fully saturated rings. The lowest BCUT2D eigenvalue weighted by Gasteiger charge is -2.15. The van der Waals surface area contributed by atoms with Gasteiger partial charge in [-0.25, -0.2) is 4.39 Å². The first kappa shape index (κ1) is 12.0. The van der Waals surface area contributed by atoms with Gasteiger partial charge in [-0.2, -0.15) is 0 Å². The van der Waals surface area contributed by atoms with Crippen LogP contribution in [0.25, 0.3) is 0 Å². The second-order valence-electron chi connectivity index (χ2n) is 4.31. The molecule has 1 unspecified atom stereocenters. The zero-order valence-corrected chi connectivity index (χ0v) is 9.71. The number of rotatable bonds is 3. The molecule has 1 atom stereocenters. The van der Waals surface area contributed by atoms with Crippen LogP contribution in [-0.2, 0) is 11.3 Å². The molecule has 1 aromatic rings. The monoisotopic (exact) mass is 236 g/mol. The van der Waals surface area contributed by atoms with E-state index in [9.17, 15) is 9.18 Å². The molecule has 0 radical (unpaired) electrons. The van der Waals surface area contributed by atoms with E-state index in [0.29, 0.717) is 12.1 Å². The first-order chi connectivity index (χ1) is 8.27. The van der Waals surface area contributed by atoms with Crippen molar-refractivity contribution in [1.82, 2.24) is 10.6 Å². The maximum atomic E-state index is 13.4. The molecule has 1 amide bonds. The highest BCUT2D eigenvalue weighted by atomic mass is 19.1. The minimum absolute atomic E-state index is 0.0267. The summed E-state index contributed by atoms with van der Waals surface area (Å²) in [5, 5.41) is 5.97. The van der Waals surface area contributed by atoms with Gasteiger partial charge in [0.15, 0.2) is 0 Å². The molecule has 1 aliphatic rings. The average molecular weight is 236 g/mol. The average Bonchev–Trinajstić information content (AvgIpc) is 2.53. The fraction of sp³-hybridized carbons (Fsp3) is 0.462. The Morgan fingerprint density at radius 2 is 2.18 bits per heavy atom. The fourth-order valence-corrected chi connectivity index (χ4v) is 2.01. The van der Waals surface area contributed by atoms with E-state index in [1.54, 1.807) is 18.2 Å². The van der Waals surface area contributed by atoms with E-state index in [1.807, 2.05) is 0 Å². The Kier molecular flexibility index (Phi) is 4.09. The van der Waals surface area contributed by atoms with E-state index in [-0.39, 0.29) is 17.8 Å². The van der Waals surface area contributed by atoms with Gasteiger partial charge in [0.2, 0.25) is 5.91 Å². The van der Waals surface area contributed by atoms with Gasteiger partial charge in [-0.1, -0.05) is 18.2 Å². The van der Waals surface area contributed by atoms with Crippen molar-refractivity contribution in [3.63, 3.8) is 0 Å². The number of carbonyl (C=O) groups excluding carboxylic acids is 1. The smallest absolute Gasteiger partial charge is 0.237 e. The third kappa shape index (κ3) is 3.27. The molecule has 0 aromatic heterocycles. The molecule has 92 valence electrons. The molecule has 0 bridgehead atoms. The Balaban J connectivity index is 1.93. The highest BCUT2D eigenvalue weighted by Crippen LogP contribution is 2.09. The summed E-state index contributed by atoms with van der Waals surface area (Å²) < 4.78 is 13.4. The lowest BCUT2D eigenvalue weighted by Crippen LogP contribution is -2.42.